The van der Waals surface area contributed by atoms with Gasteiger partial charge in [-0.15, -0.1) is 0 Å². The molecule has 0 atom stereocenters. The van der Waals surface area contributed by atoms with Gasteiger partial charge < -0.3 is 14.8 Å². The van der Waals surface area contributed by atoms with E-state index >= 15 is 0 Å². The maximum atomic E-state index is 13.7. The molecule has 27 heavy (non-hydrogen) atoms. The lowest BCUT2D eigenvalue weighted by molar-refractivity contribution is -0.111. The van der Waals surface area contributed by atoms with E-state index in [1.807, 2.05) is 0 Å². The number of rotatable bonds is 7. The monoisotopic (exact) mass is 436 g/mol. The fraction of sp³-hybridized carbons (Fsp3) is 0.158. The van der Waals surface area contributed by atoms with E-state index in [4.69, 9.17) is 9.47 Å². The Kier molecular flexibility index (Phi) is 7.97. The highest BCUT2D eigenvalue weighted by Crippen LogP contribution is 2.18. The summed E-state index contributed by atoms with van der Waals surface area (Å²) in [5.41, 5.74) is 1.21. The van der Waals surface area contributed by atoms with Crippen molar-refractivity contribution in [2.45, 2.75) is 0 Å². The van der Waals surface area contributed by atoms with Gasteiger partial charge in [-0.05, 0) is 42.5 Å². The van der Waals surface area contributed by atoms with Crippen LogP contribution >= 0.6 is 15.9 Å². The average molecular weight is 437 g/mol. The Morgan fingerprint density at radius 1 is 1.11 bits per heavy atom. The van der Waals surface area contributed by atoms with Crippen LogP contribution in [0.3, 0.4) is 0 Å². The van der Waals surface area contributed by atoms with Crippen LogP contribution in [0.5, 0.6) is 0 Å². The minimum atomic E-state index is -0.624. The summed E-state index contributed by atoms with van der Waals surface area (Å²) in [6.07, 6.45) is 1.98. The first-order valence-electron chi connectivity index (χ1n) is 7.95. The smallest absolute Gasteiger partial charge is 0.411 e. The summed E-state index contributed by atoms with van der Waals surface area (Å²) in [6.45, 7) is 0.435. The largest absolute Gasteiger partial charge is 0.447 e. The molecule has 0 bridgehead atoms. The number of benzene rings is 2. The van der Waals surface area contributed by atoms with E-state index in [0.717, 1.165) is 0 Å². The quantitative estimate of drug-likeness (QED) is 0.496. The topological polar surface area (TPSA) is 76.7 Å². The first kappa shape index (κ1) is 20.6. The van der Waals surface area contributed by atoms with Gasteiger partial charge in [-0.2, -0.15) is 0 Å². The zero-order valence-electron chi connectivity index (χ0n) is 14.5. The Morgan fingerprint density at radius 2 is 1.85 bits per heavy atom. The van der Waals surface area contributed by atoms with Crippen molar-refractivity contribution in [3.63, 3.8) is 0 Å². The molecule has 0 aliphatic rings. The van der Waals surface area contributed by atoms with Crippen molar-refractivity contribution in [3.8, 4) is 0 Å². The van der Waals surface area contributed by atoms with E-state index in [0.29, 0.717) is 22.5 Å². The van der Waals surface area contributed by atoms with E-state index < -0.39 is 17.8 Å². The predicted molar refractivity (Wildman–Crippen MR) is 105 cm³/mol. The van der Waals surface area contributed by atoms with Crippen molar-refractivity contribution in [3.05, 3.63) is 64.4 Å². The highest BCUT2D eigenvalue weighted by molar-refractivity contribution is 9.10. The Balaban J connectivity index is 1.95. The molecule has 0 aliphatic heterocycles. The van der Waals surface area contributed by atoms with Gasteiger partial charge in [0.15, 0.2) is 0 Å². The van der Waals surface area contributed by atoms with Gasteiger partial charge in [0.2, 0.25) is 5.91 Å². The van der Waals surface area contributed by atoms with E-state index in [-0.39, 0.29) is 12.2 Å². The molecule has 2 N–H and O–H groups in total. The first-order chi connectivity index (χ1) is 13.0. The predicted octanol–water partition coefficient (Wildman–Crippen LogP) is 4.44. The zero-order chi connectivity index (χ0) is 19.6. The number of carbonyl (C=O) groups excluding carboxylic acids is 2. The number of methoxy groups -OCH3 is 1. The molecule has 0 unspecified atom stereocenters. The third-order valence-corrected chi connectivity index (χ3v) is 3.76. The molecule has 2 amide bonds. The third kappa shape index (κ3) is 7.20. The molecular formula is C19H18BrFN2O4. The van der Waals surface area contributed by atoms with Crippen molar-refractivity contribution in [2.75, 3.05) is 31.0 Å². The van der Waals surface area contributed by atoms with Crippen LogP contribution in [0.1, 0.15) is 5.56 Å². The highest BCUT2D eigenvalue weighted by Gasteiger charge is 2.05. The van der Waals surface area contributed by atoms with E-state index in [2.05, 4.69) is 26.6 Å². The van der Waals surface area contributed by atoms with Gasteiger partial charge in [-0.25, -0.2) is 9.18 Å². The van der Waals surface area contributed by atoms with Crippen LogP contribution in [0.15, 0.2) is 53.0 Å². The van der Waals surface area contributed by atoms with Gasteiger partial charge in [0, 0.05) is 34.6 Å². The van der Waals surface area contributed by atoms with Gasteiger partial charge in [-0.3, -0.25) is 10.1 Å². The fourth-order valence-corrected chi connectivity index (χ4v) is 2.42. The third-order valence-electron chi connectivity index (χ3n) is 3.27. The van der Waals surface area contributed by atoms with Crippen molar-refractivity contribution in [2.24, 2.45) is 0 Å². The number of halogens is 2. The average Bonchev–Trinajstić information content (AvgIpc) is 2.63. The Labute approximate surface area is 164 Å². The van der Waals surface area contributed by atoms with Crippen molar-refractivity contribution in [1.82, 2.24) is 0 Å². The molecule has 6 nitrogen and oxygen atoms in total. The molecule has 0 fully saturated rings. The molecule has 0 aromatic heterocycles. The molecule has 0 saturated carbocycles. The maximum Gasteiger partial charge on any atom is 0.411 e. The molecular weight excluding hydrogens is 419 g/mol. The first-order valence-corrected chi connectivity index (χ1v) is 8.74. The summed E-state index contributed by atoms with van der Waals surface area (Å²) in [5, 5.41) is 5.19. The van der Waals surface area contributed by atoms with E-state index in [9.17, 15) is 14.0 Å². The second kappa shape index (κ2) is 10.4. The number of anilines is 2. The SMILES string of the molecule is COCCOC(=O)Nc1cccc(NC(=O)C=Cc2cc(Br)ccc2F)c1. The van der Waals surface area contributed by atoms with Crippen LogP contribution in [0.25, 0.3) is 6.08 Å². The van der Waals surface area contributed by atoms with Gasteiger partial charge in [0.1, 0.15) is 12.4 Å². The molecule has 0 radical (unpaired) electrons. The van der Waals surface area contributed by atoms with Crippen molar-refractivity contribution < 1.29 is 23.5 Å². The number of ether oxygens (including phenoxy) is 2. The lowest BCUT2D eigenvalue weighted by Crippen LogP contribution is -2.16. The summed E-state index contributed by atoms with van der Waals surface area (Å²) in [6, 6.07) is 11.0. The molecule has 8 heteroatoms. The Hall–Kier alpha value is -2.71. The summed E-state index contributed by atoms with van der Waals surface area (Å²) >= 11 is 3.25. The molecule has 2 aromatic rings. The number of hydrogen-bond acceptors (Lipinski definition) is 4. The second-order valence-corrected chi connectivity index (χ2v) is 6.24. The molecule has 0 saturated heterocycles. The van der Waals surface area contributed by atoms with Crippen LogP contribution in [0, 0.1) is 5.82 Å². The number of carbonyl (C=O) groups is 2. The molecule has 2 rings (SSSR count). The summed E-state index contributed by atoms with van der Waals surface area (Å²) in [5.74, 6) is -0.866. The minimum Gasteiger partial charge on any atom is -0.447 e. The normalized spacial score (nSPS) is 10.6. The van der Waals surface area contributed by atoms with Crippen LogP contribution in [0.2, 0.25) is 0 Å². The van der Waals surface area contributed by atoms with Gasteiger partial charge >= 0.3 is 6.09 Å². The van der Waals surface area contributed by atoms with Crippen LogP contribution in [-0.2, 0) is 14.3 Å². The minimum absolute atomic E-state index is 0.135. The fourth-order valence-electron chi connectivity index (χ4n) is 2.04. The van der Waals surface area contributed by atoms with Crippen LogP contribution in [-0.4, -0.2) is 32.3 Å². The summed E-state index contributed by atoms with van der Waals surface area (Å²) < 4.78 is 24.1. The molecule has 0 aliphatic carbocycles. The second-order valence-electron chi connectivity index (χ2n) is 5.32. The van der Waals surface area contributed by atoms with Crippen LogP contribution < -0.4 is 10.6 Å². The Bertz CT molecular complexity index is 842. The summed E-state index contributed by atoms with van der Waals surface area (Å²) in [7, 11) is 1.51. The van der Waals surface area contributed by atoms with Crippen molar-refractivity contribution in [1.29, 1.82) is 0 Å². The Morgan fingerprint density at radius 3 is 2.59 bits per heavy atom. The van der Waals surface area contributed by atoms with Crippen LogP contribution in [0.4, 0.5) is 20.6 Å². The number of hydrogen-bond donors (Lipinski definition) is 2. The van der Waals surface area contributed by atoms with Gasteiger partial charge in [0.25, 0.3) is 0 Å². The lowest BCUT2D eigenvalue weighted by atomic mass is 10.2. The molecule has 0 spiro atoms. The van der Waals surface area contributed by atoms with Crippen molar-refractivity contribution >= 4 is 45.4 Å². The van der Waals surface area contributed by atoms with Gasteiger partial charge in [0.05, 0.1) is 6.61 Å². The summed E-state index contributed by atoms with van der Waals surface area (Å²) in [4.78, 5) is 23.6. The van der Waals surface area contributed by atoms with Gasteiger partial charge in [-0.1, -0.05) is 22.0 Å². The van der Waals surface area contributed by atoms with E-state index in [1.165, 1.54) is 25.3 Å². The molecule has 142 valence electrons. The standard InChI is InChI=1S/C19H18BrFN2O4/c1-26-9-10-27-19(25)23-16-4-2-3-15(12-16)22-18(24)8-5-13-11-14(20)6-7-17(13)21/h2-8,11-12H,9-10H2,1H3,(H,22,24)(H,23,25). The highest BCUT2D eigenvalue weighted by atomic mass is 79.9. The zero-order valence-corrected chi connectivity index (χ0v) is 16.1. The molecule has 0 heterocycles. The molecule has 2 aromatic carbocycles. The maximum absolute atomic E-state index is 13.7. The van der Waals surface area contributed by atoms with E-state index in [1.54, 1.807) is 36.4 Å². The lowest BCUT2D eigenvalue weighted by Gasteiger charge is -2.08. The number of nitrogens with one attached hydrogen (secondary N) is 2. The number of amides is 2.